The molecular weight excluding hydrogens is 562 g/mol. The van der Waals surface area contributed by atoms with Gasteiger partial charge in [0.2, 0.25) is 0 Å². The molecule has 2 aliphatic rings. The number of halogens is 2. The summed E-state index contributed by atoms with van der Waals surface area (Å²) in [6.07, 6.45) is 5.17. The van der Waals surface area contributed by atoms with Crippen molar-refractivity contribution >= 4 is 23.2 Å². The summed E-state index contributed by atoms with van der Waals surface area (Å²) in [5.74, 6) is 0.659. The van der Waals surface area contributed by atoms with Crippen LogP contribution in [-0.4, -0.2) is 61.1 Å². The van der Waals surface area contributed by atoms with Crippen molar-refractivity contribution in [1.82, 2.24) is 20.4 Å². The molecule has 2 saturated heterocycles. The molecule has 2 aromatic carbocycles. The van der Waals surface area contributed by atoms with Gasteiger partial charge in [0, 0.05) is 24.4 Å². The van der Waals surface area contributed by atoms with Crippen molar-refractivity contribution in [2.75, 3.05) is 45.2 Å². The van der Waals surface area contributed by atoms with Crippen molar-refractivity contribution in [3.05, 3.63) is 83.7 Å². The normalized spacial score (nSPS) is 17.3. The molecule has 44 heavy (non-hydrogen) atoms. The Kier molecular flexibility index (Phi) is 12.1. The average molecular weight is 609 g/mol. The smallest absolute Gasteiger partial charge is 0.314 e. The molecule has 0 aromatic heterocycles. The lowest BCUT2D eigenvalue weighted by atomic mass is 9.93. The zero-order chi connectivity index (χ0) is 31.5. The summed E-state index contributed by atoms with van der Waals surface area (Å²) in [6, 6.07) is 11.4. The molecule has 11 heteroatoms. The standard InChI is InChI=1S/C33H46F2N8O/c1-4-5-16-44-33(40-22-36)41-31-19-39-24(3)43(31)21-27-8-6-26(7-9-27)20-42-14-11-25(12-15-42)10-13-38-23(2)28-17-29(34)32(37)30(35)18-28/h6-9,17-18,25,38-39H,2-5,10-16,19-22,36-37H2,1H3. The highest BCUT2D eigenvalue weighted by Gasteiger charge is 2.24. The first-order valence-electron chi connectivity index (χ1n) is 15.4. The van der Waals surface area contributed by atoms with E-state index >= 15 is 0 Å². The molecule has 6 N–H and O–H groups in total. The maximum Gasteiger partial charge on any atom is 0.314 e. The number of nitrogen functional groups attached to an aromatic ring is 1. The number of hydrogen-bond acceptors (Lipinski definition) is 7. The van der Waals surface area contributed by atoms with E-state index in [2.05, 4.69) is 69.9 Å². The van der Waals surface area contributed by atoms with Crippen LogP contribution in [0.3, 0.4) is 0 Å². The van der Waals surface area contributed by atoms with Gasteiger partial charge < -0.3 is 31.7 Å². The maximum absolute atomic E-state index is 13.8. The first-order chi connectivity index (χ1) is 21.3. The monoisotopic (exact) mass is 608 g/mol. The quantitative estimate of drug-likeness (QED) is 0.112. The lowest BCUT2D eigenvalue weighted by Gasteiger charge is -2.32. The number of anilines is 1. The lowest BCUT2D eigenvalue weighted by molar-refractivity contribution is 0.172. The predicted octanol–water partition coefficient (Wildman–Crippen LogP) is 4.77. The number of benzene rings is 2. The van der Waals surface area contributed by atoms with Crippen LogP contribution in [0.4, 0.5) is 14.5 Å². The van der Waals surface area contributed by atoms with Gasteiger partial charge >= 0.3 is 6.02 Å². The van der Waals surface area contributed by atoms with Crippen LogP contribution in [0.5, 0.6) is 0 Å². The van der Waals surface area contributed by atoms with Gasteiger partial charge in [-0.2, -0.15) is 4.99 Å². The Bertz CT molecular complexity index is 1310. The first-order valence-corrected chi connectivity index (χ1v) is 15.4. The third-order valence-corrected chi connectivity index (χ3v) is 8.06. The minimum Gasteiger partial charge on any atom is -0.464 e. The molecule has 9 nitrogen and oxygen atoms in total. The van der Waals surface area contributed by atoms with Gasteiger partial charge in [-0.3, -0.25) is 4.90 Å². The minimum atomic E-state index is -0.769. The number of likely N-dealkylation sites (tertiary alicyclic amines) is 1. The molecule has 4 rings (SSSR count). The molecule has 0 bridgehead atoms. The Hall–Kier alpha value is -3.96. The average Bonchev–Trinajstić information content (AvgIpc) is 3.35. The van der Waals surface area contributed by atoms with Crippen LogP contribution in [0.1, 0.15) is 55.7 Å². The van der Waals surface area contributed by atoms with Crippen molar-refractivity contribution in [3.63, 3.8) is 0 Å². The fourth-order valence-electron chi connectivity index (χ4n) is 5.34. The molecule has 0 aliphatic carbocycles. The number of ether oxygens (including phenoxy) is 1. The van der Waals surface area contributed by atoms with Crippen molar-refractivity contribution in [3.8, 4) is 0 Å². The zero-order valence-electron chi connectivity index (χ0n) is 25.8. The van der Waals surface area contributed by atoms with E-state index in [1.54, 1.807) is 0 Å². The van der Waals surface area contributed by atoms with Crippen LogP contribution < -0.4 is 22.1 Å². The third kappa shape index (κ3) is 9.27. The van der Waals surface area contributed by atoms with Crippen molar-refractivity contribution in [1.29, 1.82) is 0 Å². The van der Waals surface area contributed by atoms with Crippen LogP contribution in [0.25, 0.3) is 5.70 Å². The van der Waals surface area contributed by atoms with Gasteiger partial charge in [-0.25, -0.2) is 13.8 Å². The van der Waals surface area contributed by atoms with E-state index in [0.717, 1.165) is 69.0 Å². The molecule has 0 saturated carbocycles. The van der Waals surface area contributed by atoms with E-state index in [4.69, 9.17) is 16.2 Å². The Morgan fingerprint density at radius 2 is 1.77 bits per heavy atom. The lowest BCUT2D eigenvalue weighted by Crippen LogP contribution is -2.34. The predicted molar refractivity (Wildman–Crippen MR) is 174 cm³/mol. The van der Waals surface area contributed by atoms with Crippen LogP contribution in [0, 0.1) is 17.6 Å². The van der Waals surface area contributed by atoms with E-state index in [-0.39, 0.29) is 6.67 Å². The van der Waals surface area contributed by atoms with Gasteiger partial charge in [0.1, 0.15) is 29.0 Å². The van der Waals surface area contributed by atoms with Gasteiger partial charge in [0.15, 0.2) is 0 Å². The SMILES string of the molecule is C=C(NCCC1CCN(Cc2ccc(CN3C(=C)NCC3=NC(=NCN)OCCCC)cc2)CC1)c1cc(F)c(N)c(F)c1. The number of amidine groups is 2. The zero-order valence-corrected chi connectivity index (χ0v) is 25.8. The van der Waals surface area contributed by atoms with Crippen LogP contribution in [0.15, 0.2) is 65.4 Å². The fourth-order valence-corrected chi connectivity index (χ4v) is 5.34. The van der Waals surface area contributed by atoms with E-state index < -0.39 is 17.3 Å². The summed E-state index contributed by atoms with van der Waals surface area (Å²) in [4.78, 5) is 13.4. The Labute approximate surface area is 259 Å². The Morgan fingerprint density at radius 1 is 1.11 bits per heavy atom. The van der Waals surface area contributed by atoms with E-state index in [1.165, 1.54) is 17.7 Å². The van der Waals surface area contributed by atoms with Crippen LogP contribution in [0.2, 0.25) is 0 Å². The molecule has 238 valence electrons. The van der Waals surface area contributed by atoms with E-state index in [0.29, 0.717) is 49.4 Å². The summed E-state index contributed by atoms with van der Waals surface area (Å²) in [6.45, 7) is 15.7. The minimum absolute atomic E-state index is 0.122. The Balaban J connectivity index is 1.21. The van der Waals surface area contributed by atoms with E-state index in [9.17, 15) is 8.78 Å². The number of piperidine rings is 1. The second-order valence-electron chi connectivity index (χ2n) is 11.3. The third-order valence-electron chi connectivity index (χ3n) is 8.06. The Morgan fingerprint density at radius 3 is 2.41 bits per heavy atom. The molecule has 2 aromatic rings. The van der Waals surface area contributed by atoms with Gasteiger partial charge in [-0.05, 0) is 68.0 Å². The number of rotatable bonds is 13. The largest absolute Gasteiger partial charge is 0.464 e. The summed E-state index contributed by atoms with van der Waals surface area (Å²) >= 11 is 0. The number of unbranched alkanes of at least 4 members (excludes halogenated alkanes) is 1. The topological polar surface area (TPSA) is 117 Å². The van der Waals surface area contributed by atoms with Crippen molar-refractivity contribution in [2.45, 2.75) is 52.1 Å². The highest BCUT2D eigenvalue weighted by atomic mass is 19.1. The van der Waals surface area contributed by atoms with Crippen molar-refractivity contribution in [2.24, 2.45) is 21.6 Å². The first kappa shape index (κ1) is 32.9. The molecule has 0 unspecified atom stereocenters. The molecule has 2 aliphatic heterocycles. The molecule has 2 heterocycles. The number of nitrogens with two attached hydrogens (primary N) is 2. The summed E-state index contributed by atoms with van der Waals surface area (Å²) in [5.41, 5.74) is 13.8. The van der Waals surface area contributed by atoms with Crippen LogP contribution >= 0.6 is 0 Å². The number of nitrogens with one attached hydrogen (secondary N) is 2. The maximum atomic E-state index is 13.8. The van der Waals surface area contributed by atoms with E-state index in [1.807, 2.05) is 4.90 Å². The van der Waals surface area contributed by atoms with Crippen molar-refractivity contribution < 1.29 is 13.5 Å². The number of nitrogens with zero attached hydrogens (tertiary/aromatic N) is 4. The van der Waals surface area contributed by atoms with Gasteiger partial charge in [0.25, 0.3) is 0 Å². The highest BCUT2D eigenvalue weighted by molar-refractivity contribution is 5.97. The molecule has 0 spiro atoms. The van der Waals surface area contributed by atoms with Crippen LogP contribution in [-0.2, 0) is 17.8 Å². The highest BCUT2D eigenvalue weighted by Crippen LogP contribution is 2.24. The molecule has 0 amide bonds. The molecule has 2 fully saturated rings. The second kappa shape index (κ2) is 16.2. The summed E-state index contributed by atoms with van der Waals surface area (Å²) in [7, 11) is 0. The van der Waals surface area contributed by atoms with Gasteiger partial charge in [-0.1, -0.05) is 50.8 Å². The van der Waals surface area contributed by atoms with Gasteiger partial charge in [0.05, 0.1) is 26.4 Å². The molecule has 0 atom stereocenters. The number of hydrogen-bond donors (Lipinski definition) is 4. The molecular formula is C33H46F2N8O. The molecule has 0 radical (unpaired) electrons. The van der Waals surface area contributed by atoms with Gasteiger partial charge in [-0.15, -0.1) is 0 Å². The summed E-state index contributed by atoms with van der Waals surface area (Å²) < 4.78 is 33.3. The fraction of sp³-hybridized carbons (Fsp3) is 0.455. The number of aliphatic imine (C=N–C) groups is 2. The summed E-state index contributed by atoms with van der Waals surface area (Å²) in [5, 5.41) is 6.48. The second-order valence-corrected chi connectivity index (χ2v) is 11.3.